The van der Waals surface area contributed by atoms with Crippen LogP contribution in [0.15, 0.2) is 9.31 Å². The number of hydrogen-bond acceptors (Lipinski definition) is 7. The molecule has 108 valence electrons. The van der Waals surface area contributed by atoms with E-state index in [1.54, 1.807) is 6.92 Å². The van der Waals surface area contributed by atoms with Gasteiger partial charge < -0.3 is 9.52 Å². The fourth-order valence-corrected chi connectivity index (χ4v) is 3.97. The van der Waals surface area contributed by atoms with Gasteiger partial charge in [-0.25, -0.2) is 13.2 Å². The van der Waals surface area contributed by atoms with Gasteiger partial charge in [-0.15, -0.1) is 10.2 Å². The van der Waals surface area contributed by atoms with Crippen molar-refractivity contribution in [2.45, 2.75) is 25.7 Å². The number of aromatic carboxylic acids is 1. The van der Waals surface area contributed by atoms with E-state index in [1.165, 1.54) is 13.8 Å². The highest BCUT2D eigenvalue weighted by Gasteiger charge is 2.31. The Bertz CT molecular complexity index is 775. The third kappa shape index (κ3) is 2.51. The molecule has 0 amide bonds. The summed E-state index contributed by atoms with van der Waals surface area (Å²) in [5, 5.41) is 17.1. The van der Waals surface area contributed by atoms with E-state index in [4.69, 9.17) is 9.52 Å². The summed E-state index contributed by atoms with van der Waals surface area (Å²) in [6, 6.07) is 0. The second-order valence-electron chi connectivity index (χ2n) is 3.96. The minimum absolute atomic E-state index is 0.00800. The monoisotopic (exact) mass is 317 g/mol. The van der Waals surface area contributed by atoms with E-state index in [9.17, 15) is 13.2 Å². The van der Waals surface area contributed by atoms with Gasteiger partial charge in [-0.1, -0.05) is 11.3 Å². The second kappa shape index (κ2) is 4.87. The number of sulfonamides is 1. The Labute approximate surface area is 118 Å². The molecule has 0 fully saturated rings. The maximum Gasteiger partial charge on any atom is 0.340 e. The van der Waals surface area contributed by atoms with Crippen molar-refractivity contribution in [3.8, 4) is 0 Å². The van der Waals surface area contributed by atoms with Gasteiger partial charge in [-0.2, -0.15) is 0 Å². The number of carboxylic acids is 1. The van der Waals surface area contributed by atoms with Gasteiger partial charge >= 0.3 is 5.97 Å². The molecule has 0 spiro atoms. The summed E-state index contributed by atoms with van der Waals surface area (Å²) in [6.45, 7) is 4.45. The molecule has 0 saturated carbocycles. The number of anilines is 1. The zero-order valence-corrected chi connectivity index (χ0v) is 12.4. The maximum atomic E-state index is 12.3. The highest BCUT2D eigenvalue weighted by Crippen LogP contribution is 2.28. The van der Waals surface area contributed by atoms with Crippen molar-refractivity contribution in [3.05, 3.63) is 22.1 Å². The summed E-state index contributed by atoms with van der Waals surface area (Å²) >= 11 is 1.05. The fraction of sp³-hybridized carbons (Fsp3) is 0.300. The van der Waals surface area contributed by atoms with Gasteiger partial charge in [-0.05, 0) is 20.8 Å². The first-order chi connectivity index (χ1) is 9.22. The van der Waals surface area contributed by atoms with Crippen LogP contribution in [-0.4, -0.2) is 29.7 Å². The lowest BCUT2D eigenvalue weighted by Crippen LogP contribution is -2.16. The first kappa shape index (κ1) is 14.5. The lowest BCUT2D eigenvalue weighted by atomic mass is 10.2. The van der Waals surface area contributed by atoms with E-state index in [0.29, 0.717) is 5.01 Å². The third-order valence-corrected chi connectivity index (χ3v) is 4.81. The van der Waals surface area contributed by atoms with E-state index < -0.39 is 20.9 Å². The van der Waals surface area contributed by atoms with Crippen LogP contribution in [0.2, 0.25) is 0 Å². The standard InChI is InChI=1S/C10H11N3O5S2/c1-4-7(9(14)15)8(5(2)18-4)20(16,17)13-10-12-11-6(3)19-10/h1-3H3,(H,12,13)(H,14,15). The quantitative estimate of drug-likeness (QED) is 0.877. The summed E-state index contributed by atoms with van der Waals surface area (Å²) in [4.78, 5) is 10.8. The van der Waals surface area contributed by atoms with Crippen LogP contribution < -0.4 is 4.72 Å². The molecule has 0 radical (unpaired) electrons. The van der Waals surface area contributed by atoms with Crippen molar-refractivity contribution >= 4 is 32.5 Å². The van der Waals surface area contributed by atoms with Crippen LogP contribution in [0.3, 0.4) is 0 Å². The smallest absolute Gasteiger partial charge is 0.340 e. The van der Waals surface area contributed by atoms with Crippen LogP contribution in [0.1, 0.15) is 26.9 Å². The topological polar surface area (TPSA) is 122 Å². The van der Waals surface area contributed by atoms with Crippen LogP contribution >= 0.6 is 11.3 Å². The Morgan fingerprint density at radius 2 is 1.90 bits per heavy atom. The highest BCUT2D eigenvalue weighted by molar-refractivity contribution is 7.93. The van der Waals surface area contributed by atoms with Crippen LogP contribution in [0.5, 0.6) is 0 Å². The van der Waals surface area contributed by atoms with E-state index in [0.717, 1.165) is 11.3 Å². The third-order valence-electron chi connectivity index (χ3n) is 2.44. The first-order valence-electron chi connectivity index (χ1n) is 5.38. The Morgan fingerprint density at radius 3 is 2.40 bits per heavy atom. The normalized spacial score (nSPS) is 11.6. The number of aryl methyl sites for hydroxylation is 3. The maximum absolute atomic E-state index is 12.3. The van der Waals surface area contributed by atoms with E-state index in [2.05, 4.69) is 14.9 Å². The average Bonchev–Trinajstić information content (AvgIpc) is 2.81. The molecule has 8 nitrogen and oxygen atoms in total. The molecular formula is C10H11N3O5S2. The van der Waals surface area contributed by atoms with E-state index in [1.807, 2.05) is 0 Å². The molecule has 2 heterocycles. The van der Waals surface area contributed by atoms with Crippen molar-refractivity contribution in [1.29, 1.82) is 0 Å². The molecule has 2 aromatic heterocycles. The number of carbonyl (C=O) groups is 1. The van der Waals surface area contributed by atoms with Gasteiger partial charge in [0.05, 0.1) is 0 Å². The van der Waals surface area contributed by atoms with Crippen LogP contribution in [0.4, 0.5) is 5.13 Å². The van der Waals surface area contributed by atoms with Gasteiger partial charge in [-0.3, -0.25) is 4.72 Å². The summed E-state index contributed by atoms with van der Waals surface area (Å²) in [5.74, 6) is -1.33. The first-order valence-corrected chi connectivity index (χ1v) is 7.68. The molecule has 0 atom stereocenters. The molecule has 0 bridgehead atoms. The molecule has 2 rings (SSSR count). The molecule has 0 aliphatic heterocycles. The van der Waals surface area contributed by atoms with Crippen molar-refractivity contribution in [2.75, 3.05) is 4.72 Å². The van der Waals surface area contributed by atoms with Crippen molar-refractivity contribution < 1.29 is 22.7 Å². The minimum Gasteiger partial charge on any atom is -0.478 e. The molecule has 20 heavy (non-hydrogen) atoms. The predicted molar refractivity (Wildman–Crippen MR) is 70.6 cm³/mol. The zero-order chi connectivity index (χ0) is 15.1. The Morgan fingerprint density at radius 1 is 1.25 bits per heavy atom. The second-order valence-corrected chi connectivity index (χ2v) is 6.76. The number of carboxylic acid groups (broad SMARTS) is 1. The summed E-state index contributed by atoms with van der Waals surface area (Å²) < 4.78 is 31.9. The molecule has 0 saturated heterocycles. The lowest BCUT2D eigenvalue weighted by Gasteiger charge is -2.04. The fourth-order valence-electron chi connectivity index (χ4n) is 1.74. The molecule has 0 unspecified atom stereocenters. The number of furan rings is 1. The van der Waals surface area contributed by atoms with Gasteiger partial charge in [0.15, 0.2) is 0 Å². The number of rotatable bonds is 4. The number of nitrogens with zero attached hydrogens (tertiary/aromatic N) is 2. The van der Waals surface area contributed by atoms with E-state index in [-0.39, 0.29) is 22.2 Å². The molecule has 0 aliphatic rings. The largest absolute Gasteiger partial charge is 0.478 e. The van der Waals surface area contributed by atoms with Gasteiger partial charge in [0.25, 0.3) is 10.0 Å². The van der Waals surface area contributed by atoms with Crippen molar-refractivity contribution in [3.63, 3.8) is 0 Å². The molecule has 0 aliphatic carbocycles. The van der Waals surface area contributed by atoms with Gasteiger partial charge in [0.2, 0.25) is 5.13 Å². The Hall–Kier alpha value is -1.94. The molecule has 0 aromatic carbocycles. The van der Waals surface area contributed by atoms with Gasteiger partial charge in [0.1, 0.15) is 27.0 Å². The van der Waals surface area contributed by atoms with Gasteiger partial charge in [0, 0.05) is 0 Å². The van der Waals surface area contributed by atoms with Crippen LogP contribution in [0, 0.1) is 20.8 Å². The van der Waals surface area contributed by atoms with E-state index >= 15 is 0 Å². The SMILES string of the molecule is Cc1nnc(NS(=O)(=O)c2c(C)oc(C)c2C(=O)O)s1. The summed E-state index contributed by atoms with van der Waals surface area (Å²) in [7, 11) is -4.10. The number of hydrogen-bond donors (Lipinski definition) is 2. The number of aromatic nitrogens is 2. The number of nitrogens with one attached hydrogen (secondary N) is 1. The predicted octanol–water partition coefficient (Wildman–Crippen LogP) is 1.56. The Kier molecular flexibility index (Phi) is 3.52. The van der Waals surface area contributed by atoms with Crippen molar-refractivity contribution in [2.24, 2.45) is 0 Å². The summed E-state index contributed by atoms with van der Waals surface area (Å²) in [5.41, 5.74) is -0.378. The lowest BCUT2D eigenvalue weighted by molar-refractivity contribution is 0.0691. The Balaban J connectivity index is 2.52. The molecular weight excluding hydrogens is 306 g/mol. The molecule has 2 N–H and O–H groups in total. The van der Waals surface area contributed by atoms with Crippen LogP contribution in [-0.2, 0) is 10.0 Å². The molecule has 2 aromatic rings. The minimum atomic E-state index is -4.10. The summed E-state index contributed by atoms with van der Waals surface area (Å²) in [6.07, 6.45) is 0. The van der Waals surface area contributed by atoms with Crippen molar-refractivity contribution in [1.82, 2.24) is 10.2 Å². The molecule has 10 heteroatoms. The highest BCUT2D eigenvalue weighted by atomic mass is 32.2. The van der Waals surface area contributed by atoms with Crippen LogP contribution in [0.25, 0.3) is 0 Å². The zero-order valence-electron chi connectivity index (χ0n) is 10.8. The average molecular weight is 317 g/mol.